The number of rotatable bonds is 2. The van der Waals surface area contributed by atoms with E-state index in [2.05, 4.69) is 10.2 Å². The van der Waals surface area contributed by atoms with Gasteiger partial charge in [0, 0.05) is 18.8 Å². The molecule has 75 valence electrons. The van der Waals surface area contributed by atoms with Crippen molar-refractivity contribution in [2.75, 3.05) is 19.5 Å². The van der Waals surface area contributed by atoms with Gasteiger partial charge in [-0.2, -0.15) is 0 Å². The summed E-state index contributed by atoms with van der Waals surface area (Å²) in [4.78, 5) is 15.9. The maximum absolute atomic E-state index is 11.2. The Morgan fingerprint density at radius 1 is 1.50 bits per heavy atom. The van der Waals surface area contributed by atoms with E-state index >= 15 is 0 Å². The molecule has 1 N–H and O–H groups in total. The van der Waals surface area contributed by atoms with Gasteiger partial charge in [0.15, 0.2) is 5.75 Å². The number of amides is 2. The third-order valence-corrected chi connectivity index (χ3v) is 1.65. The van der Waals surface area contributed by atoms with Crippen LogP contribution in [-0.4, -0.2) is 25.3 Å². The number of hydrogen-bond acceptors (Lipinski definition) is 2. The Balaban J connectivity index is 2.65. The molecule has 14 heavy (non-hydrogen) atoms. The third-order valence-electron chi connectivity index (χ3n) is 1.65. The van der Waals surface area contributed by atoms with Crippen LogP contribution < -0.4 is 5.32 Å². The van der Waals surface area contributed by atoms with E-state index in [9.17, 15) is 9.90 Å². The van der Waals surface area contributed by atoms with Crippen LogP contribution in [0.15, 0.2) is 24.3 Å². The van der Waals surface area contributed by atoms with Gasteiger partial charge in [0.25, 0.3) is 0 Å². The normalized spacial score (nSPS) is 9.57. The summed E-state index contributed by atoms with van der Waals surface area (Å²) < 4.78 is 0. The molecule has 5 nitrogen and oxygen atoms in total. The largest absolute Gasteiger partial charge is 0.345 e. The smallest absolute Gasteiger partial charge is 0.306 e. The number of nitrogens with one attached hydrogen (secondary N) is 1. The quantitative estimate of drug-likeness (QED) is 0.732. The molecular formula is C9H11N2O3. The molecule has 0 aliphatic heterocycles. The van der Waals surface area contributed by atoms with Gasteiger partial charge in [-0.3, -0.25) is 9.94 Å². The van der Waals surface area contributed by atoms with Crippen LogP contribution in [-0.2, 0) is 9.94 Å². The zero-order valence-corrected chi connectivity index (χ0v) is 7.98. The fourth-order valence-corrected chi connectivity index (χ4v) is 0.859. The van der Waals surface area contributed by atoms with Crippen molar-refractivity contribution in [1.82, 2.24) is 5.06 Å². The van der Waals surface area contributed by atoms with E-state index in [0.29, 0.717) is 5.69 Å². The fourth-order valence-electron chi connectivity index (χ4n) is 0.859. The lowest BCUT2D eigenvalue weighted by atomic mass is 10.3. The molecule has 0 saturated carbocycles. The first-order valence-electron chi connectivity index (χ1n) is 3.99. The molecule has 1 radical (unpaired) electrons. The highest BCUT2D eigenvalue weighted by Gasteiger charge is 2.07. The predicted molar refractivity (Wildman–Crippen MR) is 50.4 cm³/mol. The standard InChI is InChI=1S/C9H11N2O3/c1-11(14-2)9(13)10-7-4-3-5-8(12)6-7/h3-6H,1-2H3,(H,10,13). The van der Waals surface area contributed by atoms with Crippen molar-refractivity contribution in [2.24, 2.45) is 0 Å². The number of hydrogen-bond donors (Lipinski definition) is 1. The molecule has 5 heteroatoms. The van der Waals surface area contributed by atoms with Crippen molar-refractivity contribution in [3.63, 3.8) is 0 Å². The second-order valence-electron chi connectivity index (χ2n) is 2.64. The molecule has 0 atom stereocenters. The highest BCUT2D eigenvalue weighted by Crippen LogP contribution is 2.16. The monoisotopic (exact) mass is 195 g/mol. The summed E-state index contributed by atoms with van der Waals surface area (Å²) in [5, 5.41) is 14.4. The Morgan fingerprint density at radius 3 is 2.79 bits per heavy atom. The van der Waals surface area contributed by atoms with Gasteiger partial charge in [-0.1, -0.05) is 6.07 Å². The SMILES string of the molecule is CON(C)C(=O)Nc1cccc([O])c1. The van der Waals surface area contributed by atoms with Gasteiger partial charge in [0.05, 0.1) is 7.11 Å². The van der Waals surface area contributed by atoms with E-state index < -0.39 is 6.03 Å². The van der Waals surface area contributed by atoms with Crippen molar-refractivity contribution in [2.45, 2.75) is 0 Å². The molecule has 0 aliphatic rings. The average Bonchev–Trinajstić information content (AvgIpc) is 2.16. The van der Waals surface area contributed by atoms with Crippen molar-refractivity contribution in [3.8, 4) is 5.75 Å². The van der Waals surface area contributed by atoms with Crippen LogP contribution in [0.3, 0.4) is 0 Å². The van der Waals surface area contributed by atoms with Gasteiger partial charge in [0.1, 0.15) is 0 Å². The molecule has 1 aromatic carbocycles. The topological polar surface area (TPSA) is 61.5 Å². The minimum Gasteiger partial charge on any atom is -0.306 e. The van der Waals surface area contributed by atoms with E-state index in [4.69, 9.17) is 0 Å². The maximum Gasteiger partial charge on any atom is 0.345 e. The Kier molecular flexibility index (Phi) is 3.30. The van der Waals surface area contributed by atoms with Crippen LogP contribution in [0.25, 0.3) is 0 Å². The summed E-state index contributed by atoms with van der Waals surface area (Å²) in [5.41, 5.74) is 0.450. The minimum absolute atomic E-state index is 0.150. The summed E-state index contributed by atoms with van der Waals surface area (Å²) in [7, 11) is 2.85. The Labute approximate surface area is 81.9 Å². The van der Waals surface area contributed by atoms with Crippen molar-refractivity contribution in [1.29, 1.82) is 0 Å². The molecule has 0 bridgehead atoms. The lowest BCUT2D eigenvalue weighted by Gasteiger charge is -2.14. The van der Waals surface area contributed by atoms with Gasteiger partial charge >= 0.3 is 6.03 Å². The van der Waals surface area contributed by atoms with Crippen LogP contribution in [0.1, 0.15) is 0 Å². The van der Waals surface area contributed by atoms with Crippen molar-refractivity contribution < 1.29 is 14.7 Å². The molecule has 0 aromatic heterocycles. The number of nitrogens with zero attached hydrogens (tertiary/aromatic N) is 1. The van der Waals surface area contributed by atoms with Gasteiger partial charge in [-0.05, 0) is 12.1 Å². The summed E-state index contributed by atoms with van der Waals surface area (Å²) in [6.07, 6.45) is 0. The second-order valence-corrected chi connectivity index (χ2v) is 2.64. The van der Waals surface area contributed by atoms with Gasteiger partial charge in [0.2, 0.25) is 0 Å². The first-order chi connectivity index (χ1) is 6.63. The molecule has 1 aromatic rings. The predicted octanol–water partition coefficient (Wildman–Crippen LogP) is 1.86. The molecule has 0 heterocycles. The van der Waals surface area contributed by atoms with Crippen molar-refractivity contribution >= 4 is 11.7 Å². The third kappa shape index (κ3) is 2.63. The van der Waals surface area contributed by atoms with E-state index in [-0.39, 0.29) is 5.75 Å². The zero-order valence-electron chi connectivity index (χ0n) is 7.98. The summed E-state index contributed by atoms with van der Waals surface area (Å²) >= 11 is 0. The zero-order chi connectivity index (χ0) is 10.6. The van der Waals surface area contributed by atoms with Crippen LogP contribution in [0, 0.1) is 0 Å². The van der Waals surface area contributed by atoms with Crippen molar-refractivity contribution in [3.05, 3.63) is 24.3 Å². The van der Waals surface area contributed by atoms with Crippen LogP contribution in [0.4, 0.5) is 10.5 Å². The number of benzene rings is 1. The number of urea groups is 1. The molecule has 1 rings (SSSR count). The Morgan fingerprint density at radius 2 is 2.21 bits per heavy atom. The summed E-state index contributed by atoms with van der Waals surface area (Å²) in [6.45, 7) is 0. The van der Waals surface area contributed by atoms with Gasteiger partial charge in [-0.15, -0.1) is 0 Å². The lowest BCUT2D eigenvalue weighted by molar-refractivity contribution is -0.0598. The van der Waals surface area contributed by atoms with E-state index in [1.165, 1.54) is 26.3 Å². The van der Waals surface area contributed by atoms with Gasteiger partial charge in [-0.25, -0.2) is 9.86 Å². The molecule has 0 spiro atoms. The second kappa shape index (κ2) is 4.48. The number of anilines is 1. The molecular weight excluding hydrogens is 184 g/mol. The highest BCUT2D eigenvalue weighted by molar-refractivity contribution is 5.88. The summed E-state index contributed by atoms with van der Waals surface area (Å²) in [6, 6.07) is 5.52. The van der Waals surface area contributed by atoms with E-state index in [0.717, 1.165) is 5.06 Å². The van der Waals surface area contributed by atoms with Crippen LogP contribution >= 0.6 is 0 Å². The molecule has 0 fully saturated rings. The van der Waals surface area contributed by atoms with E-state index in [1.54, 1.807) is 12.1 Å². The number of carbonyl (C=O) groups is 1. The Hall–Kier alpha value is -1.75. The van der Waals surface area contributed by atoms with Crippen LogP contribution in [0.5, 0.6) is 5.75 Å². The number of carbonyl (C=O) groups excluding carboxylic acids is 1. The Bertz CT molecular complexity index is 328. The molecule has 2 amide bonds. The van der Waals surface area contributed by atoms with Gasteiger partial charge < -0.3 is 5.32 Å². The minimum atomic E-state index is -0.432. The first-order valence-corrected chi connectivity index (χ1v) is 3.99. The highest BCUT2D eigenvalue weighted by atomic mass is 16.7. The first kappa shape index (κ1) is 10.3. The number of hydroxylamine groups is 2. The fraction of sp³-hybridized carbons (Fsp3) is 0.222. The molecule has 0 saturated heterocycles. The van der Waals surface area contributed by atoms with Crippen LogP contribution in [0.2, 0.25) is 0 Å². The maximum atomic E-state index is 11.2. The molecule has 0 aliphatic carbocycles. The lowest BCUT2D eigenvalue weighted by Crippen LogP contribution is -2.30. The summed E-state index contributed by atoms with van der Waals surface area (Å²) in [5.74, 6) is -0.150. The molecule has 0 unspecified atom stereocenters. The van der Waals surface area contributed by atoms with E-state index in [1.807, 2.05) is 0 Å². The average molecular weight is 195 g/mol.